The molecule has 0 spiro atoms. The van der Waals surface area contributed by atoms with Crippen LogP contribution in [0.4, 0.5) is 11.4 Å². The summed E-state index contributed by atoms with van der Waals surface area (Å²) in [6, 6.07) is 2.97. The van der Waals surface area contributed by atoms with Gasteiger partial charge >= 0.3 is 0 Å². The number of hydrogen-bond acceptors (Lipinski definition) is 3. The quantitative estimate of drug-likeness (QED) is 0.470. The van der Waals surface area contributed by atoms with E-state index in [-0.39, 0.29) is 17.0 Å². The van der Waals surface area contributed by atoms with Crippen molar-refractivity contribution in [2.24, 2.45) is 0 Å². The molecule has 6 heteroatoms. The third-order valence-electron chi connectivity index (χ3n) is 3.03. The Balaban J connectivity index is 2.46. The lowest BCUT2D eigenvalue weighted by Crippen LogP contribution is -2.26. The SMILES string of the molecule is Cc1cc([N+](=O)[O-])cc(C)c1N1CC(Cl)CC1=O. The first kappa shape index (κ1) is 12.8. The van der Waals surface area contributed by atoms with Crippen molar-refractivity contribution >= 4 is 28.9 Å². The number of rotatable bonds is 2. The highest BCUT2D eigenvalue weighted by Crippen LogP contribution is 2.33. The van der Waals surface area contributed by atoms with Crippen LogP contribution >= 0.6 is 11.6 Å². The number of benzene rings is 1. The molecule has 1 aromatic carbocycles. The van der Waals surface area contributed by atoms with Crippen LogP contribution in [0.15, 0.2) is 12.1 Å². The minimum absolute atomic E-state index is 0.0324. The maximum Gasteiger partial charge on any atom is 0.270 e. The Morgan fingerprint density at radius 3 is 2.33 bits per heavy atom. The molecule has 5 nitrogen and oxygen atoms in total. The Bertz CT molecular complexity index is 507. The van der Waals surface area contributed by atoms with Crippen LogP contribution in [0.25, 0.3) is 0 Å². The van der Waals surface area contributed by atoms with Crippen LogP contribution in [0.5, 0.6) is 0 Å². The highest BCUT2D eigenvalue weighted by Gasteiger charge is 2.31. The van der Waals surface area contributed by atoms with E-state index in [1.54, 1.807) is 18.7 Å². The first-order valence-corrected chi connectivity index (χ1v) is 6.04. The predicted octanol–water partition coefficient (Wildman–Crippen LogP) is 2.56. The largest absolute Gasteiger partial charge is 0.310 e. The molecule has 0 saturated carbocycles. The molecular formula is C12H13ClN2O3. The van der Waals surface area contributed by atoms with E-state index in [1.807, 2.05) is 0 Å². The monoisotopic (exact) mass is 268 g/mol. The molecule has 18 heavy (non-hydrogen) atoms. The average Bonchev–Trinajstić information content (AvgIpc) is 2.56. The molecule has 1 fully saturated rings. The van der Waals surface area contributed by atoms with Crippen LogP contribution in [0, 0.1) is 24.0 Å². The summed E-state index contributed by atoms with van der Waals surface area (Å²) in [5, 5.41) is 10.6. The number of hydrogen-bond donors (Lipinski definition) is 0. The summed E-state index contributed by atoms with van der Waals surface area (Å²) in [6.07, 6.45) is 0.317. The average molecular weight is 269 g/mol. The third-order valence-corrected chi connectivity index (χ3v) is 3.33. The molecule has 0 aromatic heterocycles. The fourth-order valence-corrected chi connectivity index (χ4v) is 2.61. The second kappa shape index (κ2) is 4.57. The van der Waals surface area contributed by atoms with E-state index >= 15 is 0 Å². The van der Waals surface area contributed by atoms with Crippen molar-refractivity contribution in [2.45, 2.75) is 25.6 Å². The smallest absolute Gasteiger partial charge is 0.270 e. The fourth-order valence-electron chi connectivity index (χ4n) is 2.34. The van der Waals surface area contributed by atoms with Crippen molar-refractivity contribution in [1.29, 1.82) is 0 Å². The van der Waals surface area contributed by atoms with E-state index in [0.29, 0.717) is 13.0 Å². The van der Waals surface area contributed by atoms with E-state index in [4.69, 9.17) is 11.6 Å². The van der Waals surface area contributed by atoms with Crippen molar-refractivity contribution < 1.29 is 9.72 Å². The summed E-state index contributed by atoms with van der Waals surface area (Å²) in [4.78, 5) is 23.8. The Labute approximate surface area is 109 Å². The van der Waals surface area contributed by atoms with Gasteiger partial charge in [-0.25, -0.2) is 0 Å². The number of halogens is 1. The molecule has 2 rings (SSSR count). The van der Waals surface area contributed by atoms with Crippen LogP contribution in [0.1, 0.15) is 17.5 Å². The van der Waals surface area contributed by atoms with Crippen LogP contribution in [-0.4, -0.2) is 22.8 Å². The first-order valence-electron chi connectivity index (χ1n) is 5.60. The Morgan fingerprint density at radius 1 is 1.39 bits per heavy atom. The van der Waals surface area contributed by atoms with Gasteiger partial charge in [0.05, 0.1) is 10.3 Å². The van der Waals surface area contributed by atoms with Gasteiger partial charge in [0.1, 0.15) is 0 Å². The summed E-state index contributed by atoms with van der Waals surface area (Å²) < 4.78 is 0. The van der Waals surface area contributed by atoms with Crippen LogP contribution in [0.3, 0.4) is 0 Å². The molecule has 1 saturated heterocycles. The predicted molar refractivity (Wildman–Crippen MR) is 69.2 cm³/mol. The van der Waals surface area contributed by atoms with Gasteiger partial charge in [0.25, 0.3) is 5.69 Å². The number of non-ortho nitro benzene ring substituents is 1. The molecule has 96 valence electrons. The molecule has 1 aliphatic rings. The van der Waals surface area contributed by atoms with Crippen LogP contribution < -0.4 is 4.90 Å². The van der Waals surface area contributed by atoms with E-state index in [0.717, 1.165) is 16.8 Å². The normalized spacial score (nSPS) is 19.4. The number of aryl methyl sites for hydroxylation is 2. The summed E-state index contributed by atoms with van der Waals surface area (Å²) in [7, 11) is 0. The summed E-state index contributed by atoms with van der Waals surface area (Å²) in [5.74, 6) is -0.0324. The van der Waals surface area contributed by atoms with Gasteiger partial charge in [-0.3, -0.25) is 14.9 Å². The molecule has 0 N–H and O–H groups in total. The number of nitrogens with zero attached hydrogens (tertiary/aromatic N) is 2. The molecule has 1 aliphatic heterocycles. The summed E-state index contributed by atoms with van der Waals surface area (Å²) >= 11 is 5.97. The third kappa shape index (κ3) is 2.18. The van der Waals surface area contributed by atoms with E-state index in [2.05, 4.69) is 0 Å². The zero-order valence-corrected chi connectivity index (χ0v) is 10.9. The van der Waals surface area contributed by atoms with Gasteiger partial charge in [-0.05, 0) is 25.0 Å². The number of nitro groups is 1. The molecule has 0 radical (unpaired) electrons. The summed E-state index contributed by atoms with van der Waals surface area (Å²) in [5.41, 5.74) is 2.23. The lowest BCUT2D eigenvalue weighted by atomic mass is 10.1. The van der Waals surface area contributed by atoms with Gasteiger partial charge in [-0.1, -0.05) is 0 Å². The number of amides is 1. The number of alkyl halides is 1. The standard InChI is InChI=1S/C12H13ClN2O3/c1-7-3-10(15(17)18)4-8(2)12(7)14-6-9(13)5-11(14)16/h3-4,9H,5-6H2,1-2H3. The van der Waals surface area contributed by atoms with E-state index < -0.39 is 4.92 Å². The number of anilines is 1. The zero-order valence-electron chi connectivity index (χ0n) is 10.1. The van der Waals surface area contributed by atoms with Gasteiger partial charge in [0.15, 0.2) is 0 Å². The van der Waals surface area contributed by atoms with Gasteiger partial charge in [-0.15, -0.1) is 11.6 Å². The maximum atomic E-state index is 11.8. The highest BCUT2D eigenvalue weighted by atomic mass is 35.5. The molecule has 1 aromatic rings. The van der Waals surface area contributed by atoms with Crippen molar-refractivity contribution in [3.8, 4) is 0 Å². The first-order chi connectivity index (χ1) is 8.40. The molecule has 1 heterocycles. The number of carbonyl (C=O) groups is 1. The molecule has 1 atom stereocenters. The van der Waals surface area contributed by atoms with Gasteiger partial charge in [0, 0.05) is 30.8 Å². The van der Waals surface area contributed by atoms with Gasteiger partial charge in [-0.2, -0.15) is 0 Å². The Hall–Kier alpha value is -1.62. The summed E-state index contributed by atoms with van der Waals surface area (Å²) in [6.45, 7) is 3.99. The number of nitro benzene ring substituents is 1. The van der Waals surface area contributed by atoms with Crippen molar-refractivity contribution in [1.82, 2.24) is 0 Å². The zero-order chi connectivity index (χ0) is 13.4. The lowest BCUT2D eigenvalue weighted by Gasteiger charge is -2.20. The van der Waals surface area contributed by atoms with Crippen LogP contribution in [-0.2, 0) is 4.79 Å². The molecular weight excluding hydrogens is 256 g/mol. The highest BCUT2D eigenvalue weighted by molar-refractivity contribution is 6.24. The van der Waals surface area contributed by atoms with Crippen molar-refractivity contribution in [2.75, 3.05) is 11.4 Å². The Kier molecular flexibility index (Phi) is 3.26. The van der Waals surface area contributed by atoms with E-state index in [9.17, 15) is 14.9 Å². The number of carbonyl (C=O) groups excluding carboxylic acids is 1. The van der Waals surface area contributed by atoms with Crippen LogP contribution in [0.2, 0.25) is 0 Å². The van der Waals surface area contributed by atoms with Gasteiger partial charge in [0.2, 0.25) is 5.91 Å². The van der Waals surface area contributed by atoms with Crippen molar-refractivity contribution in [3.63, 3.8) is 0 Å². The molecule has 0 aliphatic carbocycles. The second-order valence-corrected chi connectivity index (χ2v) is 5.11. The van der Waals surface area contributed by atoms with Crippen molar-refractivity contribution in [3.05, 3.63) is 33.4 Å². The van der Waals surface area contributed by atoms with E-state index in [1.165, 1.54) is 12.1 Å². The minimum atomic E-state index is -0.431. The molecule has 1 unspecified atom stereocenters. The molecule has 0 bridgehead atoms. The minimum Gasteiger partial charge on any atom is -0.310 e. The lowest BCUT2D eigenvalue weighted by molar-refractivity contribution is -0.384. The second-order valence-electron chi connectivity index (χ2n) is 4.49. The fraction of sp³-hybridized carbons (Fsp3) is 0.417. The Morgan fingerprint density at radius 2 is 1.94 bits per heavy atom. The topological polar surface area (TPSA) is 63.5 Å². The maximum absolute atomic E-state index is 11.8. The molecule has 1 amide bonds. The van der Waals surface area contributed by atoms with Gasteiger partial charge < -0.3 is 4.90 Å².